The standard InChI is InChI=1S/C16H16N2O/c1-11-7-8-18-9-13(11)16(17-2)14-10-19-15-6-4-3-5-12(14)15/h3-10,16-17H,1-2H3. The number of pyridine rings is 1. The first-order valence-electron chi connectivity index (χ1n) is 6.35. The second-order valence-corrected chi connectivity index (χ2v) is 4.64. The maximum absolute atomic E-state index is 5.63. The zero-order valence-electron chi connectivity index (χ0n) is 11.1. The molecule has 0 aliphatic carbocycles. The SMILES string of the molecule is CNC(c1cnccc1C)c1coc2ccccc12. The van der Waals surface area contributed by atoms with Gasteiger partial charge in [0.2, 0.25) is 0 Å². The third-order valence-electron chi connectivity index (χ3n) is 3.50. The first-order chi connectivity index (χ1) is 9.31. The van der Waals surface area contributed by atoms with E-state index in [-0.39, 0.29) is 6.04 Å². The molecule has 0 aliphatic heterocycles. The molecule has 0 radical (unpaired) electrons. The maximum Gasteiger partial charge on any atom is 0.134 e. The Morgan fingerprint density at radius 3 is 2.79 bits per heavy atom. The van der Waals surface area contributed by atoms with Crippen LogP contribution in [0.4, 0.5) is 0 Å². The molecule has 1 unspecified atom stereocenters. The van der Waals surface area contributed by atoms with Crippen LogP contribution in [0, 0.1) is 6.92 Å². The van der Waals surface area contributed by atoms with E-state index in [1.807, 2.05) is 50.0 Å². The van der Waals surface area contributed by atoms with Crippen LogP contribution in [0.15, 0.2) is 53.4 Å². The zero-order valence-corrected chi connectivity index (χ0v) is 11.1. The van der Waals surface area contributed by atoms with Crippen LogP contribution in [0.3, 0.4) is 0 Å². The van der Waals surface area contributed by atoms with Gasteiger partial charge < -0.3 is 9.73 Å². The summed E-state index contributed by atoms with van der Waals surface area (Å²) in [5, 5.41) is 4.50. The summed E-state index contributed by atoms with van der Waals surface area (Å²) in [6, 6.07) is 10.2. The predicted molar refractivity (Wildman–Crippen MR) is 76.1 cm³/mol. The summed E-state index contributed by atoms with van der Waals surface area (Å²) in [5.74, 6) is 0. The van der Waals surface area contributed by atoms with E-state index in [2.05, 4.69) is 23.3 Å². The van der Waals surface area contributed by atoms with E-state index >= 15 is 0 Å². The minimum absolute atomic E-state index is 0.0948. The molecule has 0 bridgehead atoms. The van der Waals surface area contributed by atoms with Crippen molar-refractivity contribution < 1.29 is 4.42 Å². The fourth-order valence-corrected chi connectivity index (χ4v) is 2.48. The number of nitrogens with zero attached hydrogens (tertiary/aromatic N) is 1. The van der Waals surface area contributed by atoms with E-state index in [0.717, 1.165) is 16.5 Å². The molecule has 19 heavy (non-hydrogen) atoms. The highest BCUT2D eigenvalue weighted by Crippen LogP contribution is 2.31. The number of furan rings is 1. The molecule has 0 saturated carbocycles. The Balaban J connectivity index is 2.15. The Kier molecular flexibility index (Phi) is 3.05. The Hall–Kier alpha value is -2.13. The predicted octanol–water partition coefficient (Wildman–Crippen LogP) is 3.45. The van der Waals surface area contributed by atoms with E-state index in [1.165, 1.54) is 11.1 Å². The van der Waals surface area contributed by atoms with Crippen molar-refractivity contribution in [1.29, 1.82) is 0 Å². The van der Waals surface area contributed by atoms with Gasteiger partial charge in [0.25, 0.3) is 0 Å². The number of benzene rings is 1. The lowest BCUT2D eigenvalue weighted by atomic mass is 9.96. The number of para-hydroxylation sites is 1. The molecule has 0 amide bonds. The van der Waals surface area contributed by atoms with Crippen LogP contribution in [0.2, 0.25) is 0 Å². The summed E-state index contributed by atoms with van der Waals surface area (Å²) >= 11 is 0. The molecule has 3 nitrogen and oxygen atoms in total. The quantitative estimate of drug-likeness (QED) is 0.776. The van der Waals surface area contributed by atoms with E-state index in [1.54, 1.807) is 0 Å². The Morgan fingerprint density at radius 2 is 2.00 bits per heavy atom. The average molecular weight is 252 g/mol. The molecule has 0 spiro atoms. The minimum atomic E-state index is 0.0948. The lowest BCUT2D eigenvalue weighted by Crippen LogP contribution is -2.18. The Bertz CT molecular complexity index is 703. The molecule has 1 atom stereocenters. The molecule has 3 heteroatoms. The highest BCUT2D eigenvalue weighted by Gasteiger charge is 2.18. The van der Waals surface area contributed by atoms with Gasteiger partial charge in [0.15, 0.2) is 0 Å². The molecule has 0 fully saturated rings. The van der Waals surface area contributed by atoms with E-state index in [0.29, 0.717) is 0 Å². The zero-order chi connectivity index (χ0) is 13.2. The topological polar surface area (TPSA) is 38.1 Å². The van der Waals surface area contributed by atoms with Crippen LogP contribution >= 0.6 is 0 Å². The van der Waals surface area contributed by atoms with Gasteiger partial charge in [0.05, 0.1) is 12.3 Å². The second-order valence-electron chi connectivity index (χ2n) is 4.64. The molecule has 0 saturated heterocycles. The highest BCUT2D eigenvalue weighted by molar-refractivity contribution is 5.82. The summed E-state index contributed by atoms with van der Waals surface area (Å²) in [4.78, 5) is 4.23. The Morgan fingerprint density at radius 1 is 1.16 bits per heavy atom. The van der Waals surface area contributed by atoms with Crippen LogP contribution in [-0.4, -0.2) is 12.0 Å². The normalized spacial score (nSPS) is 12.7. The summed E-state index contributed by atoms with van der Waals surface area (Å²) < 4.78 is 5.63. The third-order valence-corrected chi connectivity index (χ3v) is 3.50. The van der Waals surface area contributed by atoms with Gasteiger partial charge in [-0.3, -0.25) is 4.98 Å². The van der Waals surface area contributed by atoms with Crippen LogP contribution in [0.5, 0.6) is 0 Å². The van der Waals surface area contributed by atoms with Crippen LogP contribution in [0.1, 0.15) is 22.7 Å². The molecule has 1 aromatic carbocycles. The van der Waals surface area contributed by atoms with Crippen LogP contribution in [-0.2, 0) is 0 Å². The van der Waals surface area contributed by atoms with E-state index in [4.69, 9.17) is 4.42 Å². The van der Waals surface area contributed by atoms with Crippen LogP contribution in [0.25, 0.3) is 11.0 Å². The molecule has 96 valence electrons. The minimum Gasteiger partial charge on any atom is -0.464 e. The lowest BCUT2D eigenvalue weighted by Gasteiger charge is -2.17. The second kappa shape index (κ2) is 4.86. The molecule has 3 rings (SSSR count). The van der Waals surface area contributed by atoms with Gasteiger partial charge >= 0.3 is 0 Å². The van der Waals surface area contributed by atoms with Crippen molar-refractivity contribution in [3.63, 3.8) is 0 Å². The molecule has 2 aromatic heterocycles. The number of fused-ring (bicyclic) bond motifs is 1. The fraction of sp³-hybridized carbons (Fsp3) is 0.188. The van der Waals surface area contributed by atoms with E-state index < -0.39 is 0 Å². The van der Waals surface area contributed by atoms with Crippen molar-refractivity contribution >= 4 is 11.0 Å². The molecule has 3 aromatic rings. The number of aryl methyl sites for hydroxylation is 1. The van der Waals surface area contributed by atoms with Gasteiger partial charge in [-0.15, -0.1) is 0 Å². The molecule has 1 N–H and O–H groups in total. The molecule has 0 aliphatic rings. The molecular weight excluding hydrogens is 236 g/mol. The van der Waals surface area contributed by atoms with Crippen molar-refractivity contribution in [2.75, 3.05) is 7.05 Å². The molecule has 2 heterocycles. The van der Waals surface area contributed by atoms with Crippen molar-refractivity contribution in [2.24, 2.45) is 0 Å². The maximum atomic E-state index is 5.63. The van der Waals surface area contributed by atoms with Gasteiger partial charge in [0, 0.05) is 23.3 Å². The van der Waals surface area contributed by atoms with Crippen molar-refractivity contribution in [1.82, 2.24) is 10.3 Å². The average Bonchev–Trinajstić information content (AvgIpc) is 2.86. The van der Waals surface area contributed by atoms with Crippen molar-refractivity contribution in [3.8, 4) is 0 Å². The summed E-state index contributed by atoms with van der Waals surface area (Å²) in [5.41, 5.74) is 4.46. The monoisotopic (exact) mass is 252 g/mol. The smallest absolute Gasteiger partial charge is 0.134 e. The Labute approximate surface area is 112 Å². The summed E-state index contributed by atoms with van der Waals surface area (Å²) in [7, 11) is 1.96. The van der Waals surface area contributed by atoms with Crippen LogP contribution < -0.4 is 5.32 Å². The number of hydrogen-bond acceptors (Lipinski definition) is 3. The lowest BCUT2D eigenvalue weighted by molar-refractivity contribution is 0.596. The molecular formula is C16H16N2O. The van der Waals surface area contributed by atoms with Gasteiger partial charge in [-0.1, -0.05) is 18.2 Å². The van der Waals surface area contributed by atoms with Crippen molar-refractivity contribution in [2.45, 2.75) is 13.0 Å². The van der Waals surface area contributed by atoms with Crippen molar-refractivity contribution in [3.05, 3.63) is 65.7 Å². The van der Waals surface area contributed by atoms with Gasteiger partial charge in [-0.25, -0.2) is 0 Å². The first-order valence-corrected chi connectivity index (χ1v) is 6.35. The number of aromatic nitrogens is 1. The summed E-state index contributed by atoms with van der Waals surface area (Å²) in [6.45, 7) is 2.10. The number of nitrogens with one attached hydrogen (secondary N) is 1. The van der Waals surface area contributed by atoms with E-state index in [9.17, 15) is 0 Å². The van der Waals surface area contributed by atoms with Gasteiger partial charge in [-0.05, 0) is 37.2 Å². The number of rotatable bonds is 3. The fourth-order valence-electron chi connectivity index (χ4n) is 2.48. The first kappa shape index (κ1) is 11.9. The van der Waals surface area contributed by atoms with Gasteiger partial charge in [0.1, 0.15) is 5.58 Å². The van der Waals surface area contributed by atoms with Gasteiger partial charge in [-0.2, -0.15) is 0 Å². The summed E-state index contributed by atoms with van der Waals surface area (Å²) in [6.07, 6.45) is 5.57. The third kappa shape index (κ3) is 2.02. The number of hydrogen-bond donors (Lipinski definition) is 1. The highest BCUT2D eigenvalue weighted by atomic mass is 16.3. The largest absolute Gasteiger partial charge is 0.464 e.